The van der Waals surface area contributed by atoms with E-state index < -0.39 is 0 Å². The molecule has 1 aliphatic rings. The number of amides is 1. The maximum Gasteiger partial charge on any atom is 0.234 e. The number of aryl methyl sites for hydroxylation is 1. The van der Waals surface area contributed by atoms with Gasteiger partial charge in [0.1, 0.15) is 0 Å². The molecule has 1 aliphatic heterocycles. The molecule has 0 saturated carbocycles. The van der Waals surface area contributed by atoms with E-state index in [1.165, 1.54) is 10.5 Å². The molecular weight excluding hydrogens is 318 g/mol. The second-order valence-electron chi connectivity index (χ2n) is 5.54. The van der Waals surface area contributed by atoms with Gasteiger partial charge in [0.15, 0.2) is 0 Å². The van der Waals surface area contributed by atoms with E-state index in [4.69, 9.17) is 0 Å². The van der Waals surface area contributed by atoms with Gasteiger partial charge in [0.25, 0.3) is 0 Å². The molecule has 0 unspecified atom stereocenters. The fraction of sp³-hybridized carbons (Fsp3) is 0.562. The fourth-order valence-corrected chi connectivity index (χ4v) is 3.12. The maximum absolute atomic E-state index is 11.9. The van der Waals surface area contributed by atoms with Crippen molar-refractivity contribution in [1.29, 1.82) is 0 Å². The first-order chi connectivity index (χ1) is 10.1. The quantitative estimate of drug-likeness (QED) is 0.612. The molecule has 124 valence electrons. The van der Waals surface area contributed by atoms with E-state index in [0.717, 1.165) is 31.9 Å². The molecule has 1 fully saturated rings. The molecule has 1 atom stereocenters. The van der Waals surface area contributed by atoms with Crippen molar-refractivity contribution in [3.8, 4) is 0 Å². The number of nitrogens with one attached hydrogen (secondary N) is 2. The minimum atomic E-state index is 0. The first-order valence-electron chi connectivity index (χ1n) is 7.56. The van der Waals surface area contributed by atoms with Crippen LogP contribution in [0.25, 0.3) is 0 Å². The smallest absolute Gasteiger partial charge is 0.234 e. The average molecular weight is 344 g/mol. The van der Waals surface area contributed by atoms with Crippen molar-refractivity contribution in [2.75, 3.05) is 38.5 Å². The van der Waals surface area contributed by atoms with Crippen molar-refractivity contribution in [1.82, 2.24) is 15.5 Å². The number of carbonyl (C=O) groups is 1. The number of halogens is 1. The molecule has 2 N–H and O–H groups in total. The zero-order valence-electron chi connectivity index (χ0n) is 13.3. The Balaban J connectivity index is 0.00000242. The van der Waals surface area contributed by atoms with Crippen LogP contribution in [0.4, 0.5) is 0 Å². The Kier molecular flexibility index (Phi) is 8.86. The van der Waals surface area contributed by atoms with Gasteiger partial charge in [-0.2, -0.15) is 0 Å². The van der Waals surface area contributed by atoms with Crippen LogP contribution in [0.5, 0.6) is 0 Å². The highest BCUT2D eigenvalue weighted by molar-refractivity contribution is 7.99. The molecule has 0 aliphatic carbocycles. The predicted molar refractivity (Wildman–Crippen MR) is 96.1 cm³/mol. The Hall–Kier alpha value is -0.750. The van der Waals surface area contributed by atoms with E-state index in [-0.39, 0.29) is 18.3 Å². The maximum atomic E-state index is 11.9. The molecule has 0 aromatic heterocycles. The highest BCUT2D eigenvalue weighted by atomic mass is 35.5. The van der Waals surface area contributed by atoms with Gasteiger partial charge in [0.05, 0.1) is 6.54 Å². The van der Waals surface area contributed by atoms with Crippen LogP contribution >= 0.6 is 24.2 Å². The van der Waals surface area contributed by atoms with Crippen molar-refractivity contribution in [2.24, 2.45) is 0 Å². The zero-order chi connectivity index (χ0) is 15.1. The summed E-state index contributed by atoms with van der Waals surface area (Å²) in [6.07, 6.45) is 0. The van der Waals surface area contributed by atoms with Gasteiger partial charge in [-0.15, -0.1) is 24.2 Å². The molecule has 1 saturated heterocycles. The molecule has 6 heteroatoms. The van der Waals surface area contributed by atoms with E-state index in [2.05, 4.69) is 53.6 Å². The summed E-state index contributed by atoms with van der Waals surface area (Å²) in [4.78, 5) is 15.4. The number of benzene rings is 1. The lowest BCUT2D eigenvalue weighted by molar-refractivity contribution is -0.122. The van der Waals surface area contributed by atoms with Crippen molar-refractivity contribution in [3.63, 3.8) is 0 Å². The van der Waals surface area contributed by atoms with Gasteiger partial charge in [-0.3, -0.25) is 9.69 Å². The third kappa shape index (κ3) is 6.57. The average Bonchev–Trinajstić information content (AvgIpc) is 2.48. The molecule has 1 aromatic rings. The molecule has 0 spiro atoms. The predicted octanol–water partition coefficient (Wildman–Crippen LogP) is 1.92. The second kappa shape index (κ2) is 10.1. The zero-order valence-corrected chi connectivity index (χ0v) is 14.9. The van der Waals surface area contributed by atoms with Crippen LogP contribution < -0.4 is 10.6 Å². The van der Waals surface area contributed by atoms with Gasteiger partial charge in [0.2, 0.25) is 5.91 Å². The normalized spacial score (nSPS) is 18.5. The number of hydrogen-bond donors (Lipinski definition) is 2. The summed E-state index contributed by atoms with van der Waals surface area (Å²) in [7, 11) is 0. The van der Waals surface area contributed by atoms with E-state index in [0.29, 0.717) is 12.6 Å². The molecule has 0 radical (unpaired) electrons. The van der Waals surface area contributed by atoms with Crippen molar-refractivity contribution in [3.05, 3.63) is 29.8 Å². The standard InChI is InChI=1S/C16H25N3OS.ClH/c1-13-3-5-15(6-4-13)21-10-8-18-16(20)12-19-9-7-17-11-14(19)2;/h3-6,14,17H,7-12H2,1-2H3,(H,18,20);1H/t14-;/m1./s1. The molecule has 2 rings (SSSR count). The largest absolute Gasteiger partial charge is 0.354 e. The van der Waals surface area contributed by atoms with E-state index in [9.17, 15) is 4.79 Å². The van der Waals surface area contributed by atoms with Crippen molar-refractivity contribution < 1.29 is 4.79 Å². The molecule has 1 aromatic carbocycles. The summed E-state index contributed by atoms with van der Waals surface area (Å²) in [6.45, 7) is 8.37. The minimum absolute atomic E-state index is 0. The molecule has 22 heavy (non-hydrogen) atoms. The third-order valence-electron chi connectivity index (χ3n) is 3.70. The first-order valence-corrected chi connectivity index (χ1v) is 8.54. The van der Waals surface area contributed by atoms with Crippen molar-refractivity contribution >= 4 is 30.1 Å². The molecule has 1 heterocycles. The van der Waals surface area contributed by atoms with E-state index >= 15 is 0 Å². The van der Waals surface area contributed by atoms with Crippen LogP contribution in [0.1, 0.15) is 12.5 Å². The van der Waals surface area contributed by atoms with Crippen LogP contribution in [0.2, 0.25) is 0 Å². The Morgan fingerprint density at radius 2 is 2.14 bits per heavy atom. The Morgan fingerprint density at radius 1 is 1.41 bits per heavy atom. The minimum Gasteiger partial charge on any atom is -0.354 e. The van der Waals surface area contributed by atoms with Crippen LogP contribution in [-0.4, -0.2) is 55.3 Å². The number of carbonyl (C=O) groups excluding carboxylic acids is 1. The van der Waals surface area contributed by atoms with Gasteiger partial charge in [-0.05, 0) is 26.0 Å². The SMILES string of the molecule is Cc1ccc(SCCNC(=O)CN2CCNC[C@H]2C)cc1.Cl. The number of thioether (sulfide) groups is 1. The summed E-state index contributed by atoms with van der Waals surface area (Å²) in [5, 5.41) is 6.35. The number of rotatable bonds is 6. The van der Waals surface area contributed by atoms with Crippen LogP contribution in [0.15, 0.2) is 29.2 Å². The molecule has 1 amide bonds. The Bertz CT molecular complexity index is 455. The monoisotopic (exact) mass is 343 g/mol. The highest BCUT2D eigenvalue weighted by Gasteiger charge is 2.19. The van der Waals surface area contributed by atoms with Crippen LogP contribution in [-0.2, 0) is 4.79 Å². The lowest BCUT2D eigenvalue weighted by Gasteiger charge is -2.33. The fourth-order valence-electron chi connectivity index (χ4n) is 2.35. The summed E-state index contributed by atoms with van der Waals surface area (Å²) >= 11 is 1.78. The molecule has 4 nitrogen and oxygen atoms in total. The Labute approximate surface area is 143 Å². The van der Waals surface area contributed by atoms with Crippen LogP contribution in [0.3, 0.4) is 0 Å². The number of piperazine rings is 1. The van der Waals surface area contributed by atoms with Crippen LogP contribution in [0, 0.1) is 6.92 Å². The summed E-state index contributed by atoms with van der Waals surface area (Å²) in [5.74, 6) is 1.04. The molecule has 0 bridgehead atoms. The van der Waals surface area contributed by atoms with Gasteiger partial charge in [-0.25, -0.2) is 0 Å². The van der Waals surface area contributed by atoms with Gasteiger partial charge >= 0.3 is 0 Å². The summed E-state index contributed by atoms with van der Waals surface area (Å²) < 4.78 is 0. The Morgan fingerprint density at radius 3 is 2.82 bits per heavy atom. The number of hydrogen-bond acceptors (Lipinski definition) is 4. The topological polar surface area (TPSA) is 44.4 Å². The lowest BCUT2D eigenvalue weighted by atomic mass is 10.2. The molecular formula is C16H26ClN3OS. The van der Waals surface area contributed by atoms with Gasteiger partial charge in [-0.1, -0.05) is 17.7 Å². The summed E-state index contributed by atoms with van der Waals surface area (Å²) in [6, 6.07) is 8.93. The van der Waals surface area contributed by atoms with E-state index in [1.807, 2.05) is 0 Å². The second-order valence-corrected chi connectivity index (χ2v) is 6.70. The van der Waals surface area contributed by atoms with Gasteiger partial charge in [0, 0.05) is 42.9 Å². The van der Waals surface area contributed by atoms with E-state index in [1.54, 1.807) is 11.8 Å². The number of nitrogens with zero attached hydrogens (tertiary/aromatic N) is 1. The van der Waals surface area contributed by atoms with Gasteiger partial charge < -0.3 is 10.6 Å². The summed E-state index contributed by atoms with van der Waals surface area (Å²) in [5.41, 5.74) is 1.28. The van der Waals surface area contributed by atoms with Crippen molar-refractivity contribution in [2.45, 2.75) is 24.8 Å². The first kappa shape index (κ1) is 19.3. The third-order valence-corrected chi connectivity index (χ3v) is 4.71. The lowest BCUT2D eigenvalue weighted by Crippen LogP contribution is -2.52. The highest BCUT2D eigenvalue weighted by Crippen LogP contribution is 2.17.